The summed E-state index contributed by atoms with van der Waals surface area (Å²) in [5.74, 6) is 0. The first-order valence-electron chi connectivity index (χ1n) is 14.0. The summed E-state index contributed by atoms with van der Waals surface area (Å²) in [6.07, 6.45) is 0. The van der Waals surface area contributed by atoms with Gasteiger partial charge < -0.3 is 0 Å². The van der Waals surface area contributed by atoms with E-state index in [1.54, 1.807) is 0 Å². The van der Waals surface area contributed by atoms with Gasteiger partial charge >= 0.3 is 0 Å². The maximum absolute atomic E-state index is 9.23. The molecule has 0 spiro atoms. The van der Waals surface area contributed by atoms with Crippen molar-refractivity contribution in [2.24, 2.45) is 0 Å². The first-order chi connectivity index (χ1) is 20.8. The van der Waals surface area contributed by atoms with E-state index in [4.69, 9.17) is 4.98 Å². The fourth-order valence-corrected chi connectivity index (χ4v) is 5.60. The quantitative estimate of drug-likeness (QED) is 0.220. The number of aromatic nitrogens is 1. The summed E-state index contributed by atoms with van der Waals surface area (Å²) in [4.78, 5) is 5.05. The smallest absolute Gasteiger partial charge is 0.0991 e. The van der Waals surface area contributed by atoms with E-state index in [1.807, 2.05) is 36.4 Å². The minimum Gasteiger partial charge on any atom is -0.248 e. The number of hydrogen-bond donors (Lipinski definition) is 0. The molecule has 1 heterocycles. The highest BCUT2D eigenvalue weighted by Gasteiger charge is 2.12. The number of nitrogens with zero attached hydrogens (tertiary/aromatic N) is 2. The Morgan fingerprint density at radius 2 is 0.881 bits per heavy atom. The summed E-state index contributed by atoms with van der Waals surface area (Å²) >= 11 is 0. The second-order valence-electron chi connectivity index (χ2n) is 10.3. The largest absolute Gasteiger partial charge is 0.248 e. The third kappa shape index (κ3) is 4.85. The van der Waals surface area contributed by atoms with Gasteiger partial charge in [-0.1, -0.05) is 127 Å². The molecule has 7 rings (SSSR count). The Labute approximate surface area is 245 Å². The second kappa shape index (κ2) is 11.0. The van der Waals surface area contributed by atoms with Crippen LogP contribution in [0.15, 0.2) is 158 Å². The molecule has 7 aromatic rings. The molecular weight excluding hydrogens is 508 g/mol. The lowest BCUT2D eigenvalue weighted by molar-refractivity contribution is 1.32. The van der Waals surface area contributed by atoms with Crippen LogP contribution in [0.1, 0.15) is 5.56 Å². The average molecular weight is 535 g/mol. The van der Waals surface area contributed by atoms with Gasteiger partial charge in [-0.25, -0.2) is 4.98 Å². The summed E-state index contributed by atoms with van der Waals surface area (Å²) in [6.45, 7) is 0. The number of benzene rings is 6. The third-order valence-electron chi connectivity index (χ3n) is 7.72. The van der Waals surface area contributed by atoms with Gasteiger partial charge in [0.25, 0.3) is 0 Å². The Morgan fingerprint density at radius 3 is 1.45 bits per heavy atom. The molecule has 0 aliphatic heterocycles. The summed E-state index contributed by atoms with van der Waals surface area (Å²) in [5.41, 5.74) is 11.6. The Kier molecular flexibility index (Phi) is 6.60. The molecule has 1 aromatic heterocycles. The number of rotatable bonds is 5. The van der Waals surface area contributed by atoms with Crippen LogP contribution in [0.2, 0.25) is 0 Å². The minimum atomic E-state index is 0.665. The molecule has 0 amide bonds. The predicted octanol–water partition coefficient (Wildman–Crippen LogP) is 10.4. The van der Waals surface area contributed by atoms with Crippen molar-refractivity contribution in [2.45, 2.75) is 0 Å². The highest BCUT2D eigenvalue weighted by atomic mass is 14.7. The van der Waals surface area contributed by atoms with Crippen LogP contribution in [0, 0.1) is 11.3 Å². The molecule has 0 saturated heterocycles. The molecule has 2 nitrogen and oxygen atoms in total. The van der Waals surface area contributed by atoms with E-state index in [0.29, 0.717) is 5.56 Å². The summed E-state index contributed by atoms with van der Waals surface area (Å²) in [7, 11) is 0. The third-order valence-corrected chi connectivity index (χ3v) is 7.72. The molecule has 2 heteroatoms. The van der Waals surface area contributed by atoms with Gasteiger partial charge in [0, 0.05) is 11.1 Å². The number of pyridine rings is 1. The fourth-order valence-electron chi connectivity index (χ4n) is 5.60. The molecule has 0 bridgehead atoms. The molecule has 0 aliphatic carbocycles. The zero-order valence-corrected chi connectivity index (χ0v) is 22.9. The van der Waals surface area contributed by atoms with E-state index in [-0.39, 0.29) is 0 Å². The maximum atomic E-state index is 9.23. The molecule has 0 atom stereocenters. The Balaban J connectivity index is 1.36. The molecule has 42 heavy (non-hydrogen) atoms. The normalized spacial score (nSPS) is 10.8. The number of nitriles is 1. The second-order valence-corrected chi connectivity index (χ2v) is 10.3. The molecule has 0 N–H and O–H groups in total. The van der Waals surface area contributed by atoms with Crippen LogP contribution >= 0.6 is 0 Å². The van der Waals surface area contributed by atoms with E-state index >= 15 is 0 Å². The van der Waals surface area contributed by atoms with Gasteiger partial charge in [-0.2, -0.15) is 5.26 Å². The van der Waals surface area contributed by atoms with Gasteiger partial charge in [0.15, 0.2) is 0 Å². The highest BCUT2D eigenvalue weighted by molar-refractivity contribution is 6.05. The zero-order valence-electron chi connectivity index (χ0n) is 22.9. The SMILES string of the molecule is N#Cc1ccc(-c2ccc(-c3cccc(-c4cc(-c5ccccc5)nc(-c5ccccc5)c4)c3)c3ccccc23)cc1. The Morgan fingerprint density at radius 1 is 0.381 bits per heavy atom. The van der Waals surface area contributed by atoms with Crippen LogP contribution in [0.25, 0.3) is 66.7 Å². The Bertz CT molecular complexity index is 2010. The first kappa shape index (κ1) is 25.2. The van der Waals surface area contributed by atoms with Crippen molar-refractivity contribution < 1.29 is 0 Å². The summed E-state index contributed by atoms with van der Waals surface area (Å²) in [6, 6.07) is 56.9. The van der Waals surface area contributed by atoms with Crippen molar-refractivity contribution in [3.63, 3.8) is 0 Å². The van der Waals surface area contributed by atoms with Gasteiger partial charge in [-0.15, -0.1) is 0 Å². The van der Waals surface area contributed by atoms with Crippen molar-refractivity contribution in [1.29, 1.82) is 5.26 Å². The lowest BCUT2D eigenvalue weighted by atomic mass is 9.90. The van der Waals surface area contributed by atoms with E-state index in [2.05, 4.69) is 127 Å². The van der Waals surface area contributed by atoms with Crippen LogP contribution < -0.4 is 0 Å². The Hall–Kier alpha value is -5.78. The van der Waals surface area contributed by atoms with Crippen LogP contribution in [0.3, 0.4) is 0 Å². The topological polar surface area (TPSA) is 36.7 Å². The van der Waals surface area contributed by atoms with Crippen LogP contribution in [-0.2, 0) is 0 Å². The molecular formula is C40H26N2. The molecule has 6 aromatic carbocycles. The van der Waals surface area contributed by atoms with Crippen molar-refractivity contribution in [3.8, 4) is 62.0 Å². The molecule has 0 fully saturated rings. The van der Waals surface area contributed by atoms with Crippen LogP contribution in [0.4, 0.5) is 0 Å². The maximum Gasteiger partial charge on any atom is 0.0991 e. The fraction of sp³-hybridized carbons (Fsp3) is 0. The summed E-state index contributed by atoms with van der Waals surface area (Å²) < 4.78 is 0. The average Bonchev–Trinajstić information content (AvgIpc) is 3.08. The first-order valence-corrected chi connectivity index (χ1v) is 14.0. The van der Waals surface area contributed by atoms with Gasteiger partial charge in [0.1, 0.15) is 0 Å². The molecule has 0 unspecified atom stereocenters. The van der Waals surface area contributed by atoms with Crippen LogP contribution in [0.5, 0.6) is 0 Å². The lowest BCUT2D eigenvalue weighted by Crippen LogP contribution is -1.91. The van der Waals surface area contributed by atoms with Crippen molar-refractivity contribution in [2.75, 3.05) is 0 Å². The zero-order chi connectivity index (χ0) is 28.3. The van der Waals surface area contributed by atoms with E-state index < -0.39 is 0 Å². The molecule has 196 valence electrons. The molecule has 0 aliphatic rings. The van der Waals surface area contributed by atoms with Gasteiger partial charge in [-0.05, 0) is 74.5 Å². The van der Waals surface area contributed by atoms with Crippen LogP contribution in [-0.4, -0.2) is 4.98 Å². The van der Waals surface area contributed by atoms with E-state index in [9.17, 15) is 5.26 Å². The van der Waals surface area contributed by atoms with E-state index in [1.165, 1.54) is 16.3 Å². The molecule has 0 radical (unpaired) electrons. The highest BCUT2D eigenvalue weighted by Crippen LogP contribution is 2.38. The summed E-state index contributed by atoms with van der Waals surface area (Å²) in [5, 5.41) is 11.6. The monoisotopic (exact) mass is 534 g/mol. The lowest BCUT2D eigenvalue weighted by Gasteiger charge is -2.14. The minimum absolute atomic E-state index is 0.665. The predicted molar refractivity (Wildman–Crippen MR) is 174 cm³/mol. The van der Waals surface area contributed by atoms with Gasteiger partial charge in [0.2, 0.25) is 0 Å². The van der Waals surface area contributed by atoms with Crippen molar-refractivity contribution in [3.05, 3.63) is 163 Å². The van der Waals surface area contributed by atoms with E-state index in [0.717, 1.165) is 50.3 Å². The van der Waals surface area contributed by atoms with Gasteiger partial charge in [-0.3, -0.25) is 0 Å². The molecule has 0 saturated carbocycles. The van der Waals surface area contributed by atoms with Gasteiger partial charge in [0.05, 0.1) is 23.0 Å². The van der Waals surface area contributed by atoms with Crippen molar-refractivity contribution in [1.82, 2.24) is 4.98 Å². The standard InChI is InChI=1S/C40H26N2/c41-27-28-18-20-29(21-19-28)35-22-23-36(38-17-8-7-16-37(35)38)33-15-9-14-32(24-33)34-25-39(30-10-3-1-4-11-30)42-40(26-34)31-12-5-2-6-13-31/h1-26H. The number of hydrogen-bond acceptors (Lipinski definition) is 2. The number of fused-ring (bicyclic) bond motifs is 1. The van der Waals surface area contributed by atoms with Crippen molar-refractivity contribution >= 4 is 10.8 Å².